The van der Waals surface area contributed by atoms with Gasteiger partial charge in [0.25, 0.3) is 0 Å². The molecule has 0 amide bonds. The van der Waals surface area contributed by atoms with Crippen LogP contribution in [0, 0.1) is 6.92 Å². The van der Waals surface area contributed by atoms with E-state index in [2.05, 4.69) is 4.98 Å². The van der Waals surface area contributed by atoms with Crippen LogP contribution in [0.15, 0.2) is 18.3 Å². The number of aliphatic hydroxyl groups excluding tert-OH is 1. The molecule has 0 saturated carbocycles. The highest BCUT2D eigenvalue weighted by Crippen LogP contribution is 2.11. The van der Waals surface area contributed by atoms with Crippen molar-refractivity contribution in [1.82, 2.24) is 4.98 Å². The molecule has 1 N–H and O–H groups in total. The highest BCUT2D eigenvalue weighted by atomic mass is 16.5. The van der Waals surface area contributed by atoms with Crippen LogP contribution in [0.3, 0.4) is 0 Å². The highest BCUT2D eigenvalue weighted by molar-refractivity contribution is 5.19. The molecule has 1 rings (SSSR count). The second kappa shape index (κ2) is 4.82. The van der Waals surface area contributed by atoms with Crippen molar-refractivity contribution in [1.29, 1.82) is 0 Å². The van der Waals surface area contributed by atoms with Crippen LogP contribution < -0.4 is 4.74 Å². The Labute approximate surface area is 78.4 Å². The zero-order valence-corrected chi connectivity index (χ0v) is 8.03. The molecule has 0 saturated heterocycles. The summed E-state index contributed by atoms with van der Waals surface area (Å²) in [6.07, 6.45) is 2.35. The molecule has 0 bridgehead atoms. The topological polar surface area (TPSA) is 42.4 Å². The molecule has 13 heavy (non-hydrogen) atoms. The smallest absolute Gasteiger partial charge is 0.138 e. The van der Waals surface area contributed by atoms with Crippen LogP contribution in [0.1, 0.15) is 19.0 Å². The molecule has 0 aromatic carbocycles. The Hall–Kier alpha value is -1.09. The van der Waals surface area contributed by atoms with E-state index in [0.717, 1.165) is 12.1 Å². The van der Waals surface area contributed by atoms with Crippen LogP contribution in [0.2, 0.25) is 0 Å². The van der Waals surface area contributed by atoms with Crippen molar-refractivity contribution in [2.24, 2.45) is 0 Å². The fourth-order valence-electron chi connectivity index (χ4n) is 0.966. The standard InChI is InChI=1S/C10H15NO2/c1-3-9(7-12)13-10-5-4-8(2)11-6-10/h4-6,9,12H,3,7H2,1-2H3. The second-order valence-electron chi connectivity index (χ2n) is 2.97. The number of pyridine rings is 1. The molecule has 1 aromatic rings. The molecule has 0 spiro atoms. The summed E-state index contributed by atoms with van der Waals surface area (Å²) in [4.78, 5) is 4.09. The summed E-state index contributed by atoms with van der Waals surface area (Å²) in [5.41, 5.74) is 0.962. The summed E-state index contributed by atoms with van der Waals surface area (Å²) >= 11 is 0. The summed E-state index contributed by atoms with van der Waals surface area (Å²) in [5, 5.41) is 8.90. The number of hydrogen-bond donors (Lipinski definition) is 1. The van der Waals surface area contributed by atoms with E-state index in [1.807, 2.05) is 26.0 Å². The third-order valence-electron chi connectivity index (χ3n) is 1.85. The number of ether oxygens (including phenoxy) is 1. The number of hydrogen-bond acceptors (Lipinski definition) is 3. The third-order valence-corrected chi connectivity index (χ3v) is 1.85. The maximum Gasteiger partial charge on any atom is 0.138 e. The van der Waals surface area contributed by atoms with Gasteiger partial charge in [0.15, 0.2) is 0 Å². The maximum absolute atomic E-state index is 8.90. The molecule has 0 aliphatic heterocycles. The van der Waals surface area contributed by atoms with E-state index in [1.165, 1.54) is 0 Å². The van der Waals surface area contributed by atoms with Gasteiger partial charge >= 0.3 is 0 Å². The van der Waals surface area contributed by atoms with Crippen molar-refractivity contribution < 1.29 is 9.84 Å². The second-order valence-corrected chi connectivity index (χ2v) is 2.97. The summed E-state index contributed by atoms with van der Waals surface area (Å²) < 4.78 is 5.46. The van der Waals surface area contributed by atoms with E-state index in [0.29, 0.717) is 5.75 Å². The fraction of sp³-hybridized carbons (Fsp3) is 0.500. The SMILES string of the molecule is CCC(CO)Oc1ccc(C)nc1. The van der Waals surface area contributed by atoms with Crippen LogP contribution >= 0.6 is 0 Å². The average Bonchev–Trinajstić information content (AvgIpc) is 2.17. The van der Waals surface area contributed by atoms with Gasteiger partial charge in [0, 0.05) is 5.69 Å². The first-order valence-corrected chi connectivity index (χ1v) is 4.46. The lowest BCUT2D eigenvalue weighted by Gasteiger charge is -2.14. The number of nitrogens with zero attached hydrogens (tertiary/aromatic N) is 1. The largest absolute Gasteiger partial charge is 0.486 e. The molecule has 1 heterocycles. The predicted molar refractivity (Wildman–Crippen MR) is 50.8 cm³/mol. The zero-order chi connectivity index (χ0) is 9.68. The quantitative estimate of drug-likeness (QED) is 0.766. The minimum Gasteiger partial charge on any atom is -0.486 e. The lowest BCUT2D eigenvalue weighted by atomic mass is 10.3. The van der Waals surface area contributed by atoms with Crippen molar-refractivity contribution in [2.45, 2.75) is 26.4 Å². The van der Waals surface area contributed by atoms with Gasteiger partial charge in [0.2, 0.25) is 0 Å². The molecule has 3 heteroatoms. The van der Waals surface area contributed by atoms with Gasteiger partial charge in [-0.25, -0.2) is 0 Å². The van der Waals surface area contributed by atoms with Crippen molar-refractivity contribution in [3.63, 3.8) is 0 Å². The van der Waals surface area contributed by atoms with Crippen LogP contribution in [0.5, 0.6) is 5.75 Å². The first-order chi connectivity index (χ1) is 6.26. The van der Waals surface area contributed by atoms with Gasteiger partial charge in [-0.15, -0.1) is 0 Å². The van der Waals surface area contributed by atoms with Crippen molar-refractivity contribution in [2.75, 3.05) is 6.61 Å². The van der Waals surface area contributed by atoms with Crippen molar-refractivity contribution in [3.05, 3.63) is 24.0 Å². The molecule has 72 valence electrons. The van der Waals surface area contributed by atoms with E-state index in [-0.39, 0.29) is 12.7 Å². The molecule has 3 nitrogen and oxygen atoms in total. The Morgan fingerprint density at radius 3 is 2.77 bits per heavy atom. The molecule has 1 atom stereocenters. The van der Waals surface area contributed by atoms with E-state index in [9.17, 15) is 0 Å². The van der Waals surface area contributed by atoms with Gasteiger partial charge in [-0.3, -0.25) is 4.98 Å². The van der Waals surface area contributed by atoms with Crippen LogP contribution in [-0.2, 0) is 0 Å². The molecular formula is C10H15NO2. The van der Waals surface area contributed by atoms with E-state index in [1.54, 1.807) is 6.20 Å². The lowest BCUT2D eigenvalue weighted by Crippen LogP contribution is -2.19. The van der Waals surface area contributed by atoms with Gasteiger partial charge in [0.1, 0.15) is 11.9 Å². The normalized spacial score (nSPS) is 12.5. The van der Waals surface area contributed by atoms with Crippen LogP contribution in [0.25, 0.3) is 0 Å². The minimum absolute atomic E-state index is 0.0460. The third kappa shape index (κ3) is 3.03. The van der Waals surface area contributed by atoms with Crippen molar-refractivity contribution >= 4 is 0 Å². The molecule has 0 fully saturated rings. The Morgan fingerprint density at radius 1 is 1.54 bits per heavy atom. The maximum atomic E-state index is 8.90. The van der Waals surface area contributed by atoms with E-state index >= 15 is 0 Å². The van der Waals surface area contributed by atoms with Gasteiger partial charge in [-0.2, -0.15) is 0 Å². The number of aliphatic hydroxyl groups is 1. The Kier molecular flexibility index (Phi) is 3.71. The Bertz CT molecular complexity index is 242. The molecule has 1 unspecified atom stereocenters. The van der Waals surface area contributed by atoms with Gasteiger partial charge in [0.05, 0.1) is 12.8 Å². The summed E-state index contributed by atoms with van der Waals surface area (Å²) in [6.45, 7) is 3.94. The lowest BCUT2D eigenvalue weighted by molar-refractivity contribution is 0.112. The fourth-order valence-corrected chi connectivity index (χ4v) is 0.966. The van der Waals surface area contributed by atoms with Crippen LogP contribution in [-0.4, -0.2) is 22.8 Å². The summed E-state index contributed by atoms with van der Waals surface area (Å²) in [5.74, 6) is 0.714. The van der Waals surface area contributed by atoms with E-state index < -0.39 is 0 Å². The number of rotatable bonds is 4. The minimum atomic E-state index is -0.121. The predicted octanol–water partition coefficient (Wildman–Crippen LogP) is 1.54. The first kappa shape index (κ1) is 9.99. The van der Waals surface area contributed by atoms with Gasteiger partial charge in [-0.05, 0) is 25.5 Å². The molecular weight excluding hydrogens is 166 g/mol. The summed E-state index contributed by atoms with van der Waals surface area (Å²) in [7, 11) is 0. The highest BCUT2D eigenvalue weighted by Gasteiger charge is 2.05. The Morgan fingerprint density at radius 2 is 2.31 bits per heavy atom. The first-order valence-electron chi connectivity index (χ1n) is 4.46. The van der Waals surface area contributed by atoms with E-state index in [4.69, 9.17) is 9.84 Å². The molecule has 0 radical (unpaired) electrons. The molecule has 1 aromatic heterocycles. The number of aryl methyl sites for hydroxylation is 1. The molecule has 0 aliphatic carbocycles. The van der Waals surface area contributed by atoms with Crippen molar-refractivity contribution in [3.8, 4) is 5.75 Å². The zero-order valence-electron chi connectivity index (χ0n) is 8.03. The number of aromatic nitrogens is 1. The van der Waals surface area contributed by atoms with Gasteiger partial charge < -0.3 is 9.84 Å². The molecule has 0 aliphatic rings. The van der Waals surface area contributed by atoms with Crippen LogP contribution in [0.4, 0.5) is 0 Å². The monoisotopic (exact) mass is 181 g/mol. The van der Waals surface area contributed by atoms with Gasteiger partial charge in [-0.1, -0.05) is 6.92 Å². The average molecular weight is 181 g/mol. The Balaban J connectivity index is 2.58. The summed E-state index contributed by atoms with van der Waals surface area (Å²) in [6, 6.07) is 3.75.